The minimum absolute atomic E-state index is 0.121. The number of benzene rings is 2. The molecule has 0 spiro atoms. The summed E-state index contributed by atoms with van der Waals surface area (Å²) in [5.74, 6) is 0.327. The van der Waals surface area contributed by atoms with E-state index in [1.54, 1.807) is 24.3 Å². The zero-order valence-electron chi connectivity index (χ0n) is 16.1. The normalized spacial score (nSPS) is 13.6. The van der Waals surface area contributed by atoms with Crippen LogP contribution in [-0.4, -0.2) is 21.8 Å². The van der Waals surface area contributed by atoms with Crippen LogP contribution in [-0.2, 0) is 9.59 Å². The zero-order chi connectivity index (χ0) is 20.5. The summed E-state index contributed by atoms with van der Waals surface area (Å²) in [5, 5.41) is 18.8. The van der Waals surface area contributed by atoms with Crippen LogP contribution < -0.4 is 0 Å². The van der Waals surface area contributed by atoms with Gasteiger partial charge in [-0.05, 0) is 83.7 Å². The third-order valence-electron chi connectivity index (χ3n) is 4.33. The van der Waals surface area contributed by atoms with Gasteiger partial charge in [0.15, 0.2) is 11.6 Å². The number of hydrogen-bond donors (Lipinski definition) is 2. The van der Waals surface area contributed by atoms with Gasteiger partial charge >= 0.3 is 0 Å². The largest absolute Gasteiger partial charge is 0.508 e. The van der Waals surface area contributed by atoms with Crippen LogP contribution in [0.5, 0.6) is 11.5 Å². The van der Waals surface area contributed by atoms with Gasteiger partial charge in [0.25, 0.3) is 0 Å². The summed E-state index contributed by atoms with van der Waals surface area (Å²) in [4.78, 5) is 20.6. The third-order valence-corrected chi connectivity index (χ3v) is 4.33. The summed E-state index contributed by atoms with van der Waals surface area (Å²) in [5.41, 5.74) is 4.82. The monoisotopic (exact) mass is 376 g/mol. The average molecular weight is 376 g/mol. The molecule has 144 valence electrons. The second-order valence-corrected chi connectivity index (χ2v) is 6.23. The Labute approximate surface area is 165 Å². The van der Waals surface area contributed by atoms with Crippen molar-refractivity contribution in [2.24, 2.45) is 0 Å². The highest BCUT2D eigenvalue weighted by atomic mass is 16.3. The third kappa shape index (κ3) is 5.81. The number of ketones is 2. The van der Waals surface area contributed by atoms with E-state index in [1.807, 2.05) is 24.3 Å². The molecule has 0 amide bonds. The van der Waals surface area contributed by atoms with Gasteiger partial charge in [-0.15, -0.1) is 0 Å². The van der Waals surface area contributed by atoms with Crippen LogP contribution in [0.3, 0.4) is 0 Å². The maximum atomic E-state index is 10.3. The molecule has 0 atom stereocenters. The molecule has 0 saturated heterocycles. The molecule has 0 fully saturated rings. The fraction of sp³-hybridized carbons (Fsp3) is 0.167. The number of phenolic OH excluding ortho intramolecular Hbond substituents is 2. The molecule has 3 rings (SSSR count). The molecular formula is C24H24O4. The Kier molecular flexibility index (Phi) is 7.52. The van der Waals surface area contributed by atoms with E-state index in [1.165, 1.54) is 35.5 Å². The number of hydrogen-bond acceptors (Lipinski definition) is 4. The van der Waals surface area contributed by atoms with Gasteiger partial charge in [-0.2, -0.15) is 0 Å². The van der Waals surface area contributed by atoms with Gasteiger partial charge in [0.2, 0.25) is 0 Å². The van der Waals surface area contributed by atoms with E-state index in [4.69, 9.17) is 0 Å². The average Bonchev–Trinajstić information content (AvgIpc) is 2.71. The summed E-state index contributed by atoms with van der Waals surface area (Å²) in [7, 11) is 0. The number of allylic oxidation sites excluding steroid dienone is 6. The summed E-state index contributed by atoms with van der Waals surface area (Å²) in [6, 6.07) is 14.7. The van der Waals surface area contributed by atoms with E-state index in [2.05, 4.69) is 13.8 Å². The van der Waals surface area contributed by atoms with Crippen molar-refractivity contribution in [2.75, 3.05) is 0 Å². The second-order valence-electron chi connectivity index (χ2n) is 6.23. The van der Waals surface area contributed by atoms with Gasteiger partial charge in [0.1, 0.15) is 11.5 Å². The number of carbonyl (C=O) groups excluding carboxylic acids is 2. The van der Waals surface area contributed by atoms with Crippen LogP contribution in [0.2, 0.25) is 0 Å². The maximum absolute atomic E-state index is 10.3. The predicted molar refractivity (Wildman–Crippen MR) is 112 cm³/mol. The summed E-state index contributed by atoms with van der Waals surface area (Å²) >= 11 is 0. The molecule has 0 bridgehead atoms. The van der Waals surface area contributed by atoms with Crippen LogP contribution in [0, 0.1) is 0 Å². The first-order valence-corrected chi connectivity index (χ1v) is 9.19. The second kappa shape index (κ2) is 10.1. The molecule has 0 radical (unpaired) electrons. The van der Waals surface area contributed by atoms with Gasteiger partial charge in [-0.25, -0.2) is 0 Å². The molecule has 0 heterocycles. The molecule has 0 unspecified atom stereocenters. The Morgan fingerprint density at radius 1 is 0.607 bits per heavy atom. The fourth-order valence-electron chi connectivity index (χ4n) is 2.95. The molecule has 0 saturated carbocycles. The van der Waals surface area contributed by atoms with Crippen molar-refractivity contribution in [1.82, 2.24) is 0 Å². The van der Waals surface area contributed by atoms with E-state index in [0.29, 0.717) is 0 Å². The van der Waals surface area contributed by atoms with Crippen LogP contribution in [0.1, 0.15) is 37.8 Å². The van der Waals surface area contributed by atoms with E-state index in [-0.39, 0.29) is 23.1 Å². The molecule has 4 heteroatoms. The standard InChI is InChI=1S/C18H20O2.C6H4O2/c1-3-17(13-5-9-15(19)10-6-13)18(4-2)14-7-11-16(20)12-8-14;7-5-1-2-6(8)4-3-5/h5-12,19-20H,3-4H2,1-2H3;1-4H/b18-17+;. The number of phenols is 2. The highest BCUT2D eigenvalue weighted by Gasteiger charge is 2.09. The Morgan fingerprint density at radius 3 is 1.14 bits per heavy atom. The van der Waals surface area contributed by atoms with Gasteiger partial charge in [-0.1, -0.05) is 38.1 Å². The Balaban J connectivity index is 0.000000292. The van der Waals surface area contributed by atoms with Gasteiger partial charge < -0.3 is 10.2 Å². The fourth-order valence-corrected chi connectivity index (χ4v) is 2.95. The number of rotatable bonds is 4. The van der Waals surface area contributed by atoms with Crippen molar-refractivity contribution in [1.29, 1.82) is 0 Å². The molecular weight excluding hydrogens is 352 g/mol. The van der Waals surface area contributed by atoms with Gasteiger partial charge in [-0.3, -0.25) is 9.59 Å². The Bertz CT molecular complexity index is 821. The number of carbonyl (C=O) groups is 2. The molecule has 28 heavy (non-hydrogen) atoms. The van der Waals surface area contributed by atoms with Crippen molar-refractivity contribution in [2.45, 2.75) is 26.7 Å². The van der Waals surface area contributed by atoms with Crippen molar-refractivity contribution >= 4 is 22.7 Å². The van der Waals surface area contributed by atoms with Crippen molar-refractivity contribution < 1.29 is 19.8 Å². The Morgan fingerprint density at radius 2 is 0.893 bits per heavy atom. The molecule has 0 aromatic heterocycles. The lowest BCUT2D eigenvalue weighted by molar-refractivity contribution is -0.113. The van der Waals surface area contributed by atoms with Gasteiger partial charge in [0, 0.05) is 0 Å². The lowest BCUT2D eigenvalue weighted by Crippen LogP contribution is -1.97. The van der Waals surface area contributed by atoms with Crippen LogP contribution in [0.15, 0.2) is 72.8 Å². The van der Waals surface area contributed by atoms with E-state index < -0.39 is 0 Å². The molecule has 2 N–H and O–H groups in total. The molecule has 4 nitrogen and oxygen atoms in total. The minimum Gasteiger partial charge on any atom is -0.508 e. The lowest BCUT2D eigenvalue weighted by atomic mass is 9.91. The van der Waals surface area contributed by atoms with E-state index in [0.717, 1.165) is 24.0 Å². The lowest BCUT2D eigenvalue weighted by Gasteiger charge is -2.14. The summed E-state index contributed by atoms with van der Waals surface area (Å²) in [6.07, 6.45) is 6.86. The SMILES string of the molecule is CC/C(=C(/CC)c1ccc(O)cc1)c1ccc(O)cc1.O=C1C=CC(=O)C=C1. The van der Waals surface area contributed by atoms with Crippen LogP contribution in [0.25, 0.3) is 11.1 Å². The predicted octanol–water partition coefficient (Wildman–Crippen LogP) is 5.08. The molecule has 1 aliphatic rings. The number of aromatic hydroxyl groups is 2. The van der Waals surface area contributed by atoms with E-state index in [9.17, 15) is 19.8 Å². The molecule has 2 aromatic rings. The topological polar surface area (TPSA) is 74.6 Å². The van der Waals surface area contributed by atoms with Crippen molar-refractivity contribution in [3.05, 3.63) is 84.0 Å². The zero-order valence-corrected chi connectivity index (χ0v) is 16.1. The molecule has 1 aliphatic carbocycles. The minimum atomic E-state index is -0.121. The van der Waals surface area contributed by atoms with Crippen molar-refractivity contribution in [3.8, 4) is 11.5 Å². The molecule has 2 aromatic carbocycles. The summed E-state index contributed by atoms with van der Waals surface area (Å²) in [6.45, 7) is 4.27. The van der Waals surface area contributed by atoms with Gasteiger partial charge in [0.05, 0.1) is 0 Å². The first kappa shape index (κ1) is 20.9. The van der Waals surface area contributed by atoms with Crippen molar-refractivity contribution in [3.63, 3.8) is 0 Å². The summed E-state index contributed by atoms with van der Waals surface area (Å²) < 4.78 is 0. The highest BCUT2D eigenvalue weighted by molar-refractivity contribution is 6.14. The quantitative estimate of drug-likeness (QED) is 0.576. The maximum Gasteiger partial charge on any atom is 0.178 e. The van der Waals surface area contributed by atoms with Crippen LogP contribution in [0.4, 0.5) is 0 Å². The highest BCUT2D eigenvalue weighted by Crippen LogP contribution is 2.32. The Hall–Kier alpha value is -3.40. The molecule has 0 aliphatic heterocycles. The first-order valence-electron chi connectivity index (χ1n) is 9.19. The first-order chi connectivity index (χ1) is 13.4. The van der Waals surface area contributed by atoms with E-state index >= 15 is 0 Å². The van der Waals surface area contributed by atoms with Crippen LogP contribution >= 0.6 is 0 Å². The smallest absolute Gasteiger partial charge is 0.178 e.